The molecule has 1 aliphatic carbocycles. The fourth-order valence-electron chi connectivity index (χ4n) is 1.84. The van der Waals surface area contributed by atoms with Crippen LogP contribution >= 0.6 is 15.9 Å². The molecule has 0 spiro atoms. The van der Waals surface area contributed by atoms with Crippen LogP contribution in [0.1, 0.15) is 11.6 Å². The van der Waals surface area contributed by atoms with Crippen molar-refractivity contribution in [2.45, 2.75) is 16.9 Å². The topological polar surface area (TPSA) is 49.3 Å². The van der Waals surface area contributed by atoms with Gasteiger partial charge in [0.25, 0.3) is 0 Å². The summed E-state index contributed by atoms with van der Waals surface area (Å²) in [5.41, 5.74) is 0.757. The molecule has 1 atom stereocenters. The molecule has 0 fully saturated rings. The second-order valence-electron chi connectivity index (χ2n) is 4.09. The first kappa shape index (κ1) is 13.1. The summed E-state index contributed by atoms with van der Waals surface area (Å²) >= 11 is 3.44. The molecule has 2 rings (SSSR count). The highest BCUT2D eigenvalue weighted by Gasteiger charge is 2.21. The maximum absolute atomic E-state index is 11.3. The van der Waals surface area contributed by atoms with E-state index in [0.717, 1.165) is 5.56 Å². The summed E-state index contributed by atoms with van der Waals surface area (Å²) in [7, 11) is 0. The maximum atomic E-state index is 11.3. The summed E-state index contributed by atoms with van der Waals surface area (Å²) in [5, 5.41) is 12.4. The molecule has 1 aromatic rings. The smallest absolute Gasteiger partial charge is 0.325 e. The standard InChI is InChI=1S/C14H14BrNO2/c15-11-6-8-12(9-7-11)16-13(14(17)18)10-4-2-1-3-5-10/h1-9,11-13,16H,(H,17,18). The number of hydrogen-bond donors (Lipinski definition) is 2. The largest absolute Gasteiger partial charge is 0.480 e. The maximum Gasteiger partial charge on any atom is 0.325 e. The van der Waals surface area contributed by atoms with Gasteiger partial charge in [0.15, 0.2) is 0 Å². The van der Waals surface area contributed by atoms with E-state index in [4.69, 9.17) is 0 Å². The van der Waals surface area contributed by atoms with Gasteiger partial charge >= 0.3 is 5.97 Å². The molecule has 0 saturated carbocycles. The molecule has 0 saturated heterocycles. The van der Waals surface area contributed by atoms with Crippen LogP contribution in [0.5, 0.6) is 0 Å². The van der Waals surface area contributed by atoms with Gasteiger partial charge in [-0.15, -0.1) is 0 Å². The van der Waals surface area contributed by atoms with Gasteiger partial charge in [0.05, 0.1) is 4.83 Å². The number of allylic oxidation sites excluding steroid dienone is 2. The van der Waals surface area contributed by atoms with Gasteiger partial charge in [0, 0.05) is 6.04 Å². The first-order valence-electron chi connectivity index (χ1n) is 5.71. The molecule has 0 radical (unpaired) electrons. The predicted molar refractivity (Wildman–Crippen MR) is 74.7 cm³/mol. The lowest BCUT2D eigenvalue weighted by molar-refractivity contribution is -0.139. The Morgan fingerprint density at radius 3 is 2.33 bits per heavy atom. The van der Waals surface area contributed by atoms with Crippen LogP contribution in [0, 0.1) is 0 Å². The van der Waals surface area contributed by atoms with E-state index in [-0.39, 0.29) is 10.9 Å². The Kier molecular flexibility index (Phi) is 4.33. The predicted octanol–water partition coefficient (Wildman–Crippen LogP) is 2.66. The minimum absolute atomic E-state index is 0.0555. The van der Waals surface area contributed by atoms with E-state index in [1.165, 1.54) is 0 Å². The van der Waals surface area contributed by atoms with Crippen molar-refractivity contribution < 1.29 is 9.90 Å². The van der Waals surface area contributed by atoms with E-state index in [1.54, 1.807) is 0 Å². The van der Waals surface area contributed by atoms with Crippen LogP contribution in [0.2, 0.25) is 0 Å². The fourth-order valence-corrected chi connectivity index (χ4v) is 2.19. The third-order valence-corrected chi connectivity index (χ3v) is 3.35. The monoisotopic (exact) mass is 307 g/mol. The van der Waals surface area contributed by atoms with E-state index in [1.807, 2.05) is 54.6 Å². The number of alkyl halides is 1. The molecule has 94 valence electrons. The lowest BCUT2D eigenvalue weighted by Crippen LogP contribution is -2.35. The Labute approximate surface area is 114 Å². The lowest BCUT2D eigenvalue weighted by Gasteiger charge is -2.21. The average Bonchev–Trinajstić information content (AvgIpc) is 2.38. The number of nitrogens with one attached hydrogen (secondary N) is 1. The number of aliphatic carboxylic acids is 1. The number of carbonyl (C=O) groups is 1. The first-order valence-corrected chi connectivity index (χ1v) is 6.63. The molecular formula is C14H14BrNO2. The summed E-state index contributed by atoms with van der Waals surface area (Å²) in [6, 6.07) is 8.43. The molecular weight excluding hydrogens is 294 g/mol. The third-order valence-electron chi connectivity index (χ3n) is 2.74. The zero-order valence-corrected chi connectivity index (χ0v) is 11.2. The van der Waals surface area contributed by atoms with Gasteiger partial charge in [0.2, 0.25) is 0 Å². The molecule has 0 aromatic heterocycles. The highest BCUT2D eigenvalue weighted by molar-refractivity contribution is 9.09. The number of hydrogen-bond acceptors (Lipinski definition) is 2. The summed E-state index contributed by atoms with van der Waals surface area (Å²) in [6.07, 6.45) is 7.89. The van der Waals surface area contributed by atoms with Crippen molar-refractivity contribution in [1.29, 1.82) is 0 Å². The SMILES string of the molecule is O=C(O)C(NC1C=CC(Br)C=C1)c1ccccc1. The van der Waals surface area contributed by atoms with E-state index < -0.39 is 12.0 Å². The number of rotatable bonds is 4. The summed E-state index contributed by atoms with van der Waals surface area (Å²) in [4.78, 5) is 11.6. The number of carboxylic acids is 1. The number of halogens is 1. The molecule has 2 N–H and O–H groups in total. The molecule has 0 heterocycles. The van der Waals surface area contributed by atoms with Crippen molar-refractivity contribution in [3.05, 3.63) is 60.2 Å². The van der Waals surface area contributed by atoms with E-state index in [9.17, 15) is 9.90 Å². The highest BCUT2D eigenvalue weighted by atomic mass is 79.9. The molecule has 0 amide bonds. The lowest BCUT2D eigenvalue weighted by atomic mass is 10.0. The Hall–Kier alpha value is -1.39. The minimum Gasteiger partial charge on any atom is -0.480 e. The van der Waals surface area contributed by atoms with Gasteiger partial charge in [-0.25, -0.2) is 0 Å². The zero-order valence-electron chi connectivity index (χ0n) is 9.66. The molecule has 0 aliphatic heterocycles. The van der Waals surface area contributed by atoms with E-state index in [0.29, 0.717) is 0 Å². The number of carboxylic acid groups (broad SMARTS) is 1. The Bertz CT molecular complexity index is 456. The summed E-state index contributed by atoms with van der Waals surface area (Å²) in [5.74, 6) is -0.871. The van der Waals surface area contributed by atoms with Crippen LogP contribution in [-0.2, 0) is 4.79 Å². The zero-order chi connectivity index (χ0) is 13.0. The minimum atomic E-state index is -0.871. The normalized spacial score (nSPS) is 23.8. The summed E-state index contributed by atoms with van der Waals surface area (Å²) < 4.78 is 0. The van der Waals surface area contributed by atoms with Crippen molar-refractivity contribution in [3.8, 4) is 0 Å². The van der Waals surface area contributed by atoms with Gasteiger partial charge in [-0.2, -0.15) is 0 Å². The molecule has 3 nitrogen and oxygen atoms in total. The van der Waals surface area contributed by atoms with Gasteiger partial charge in [-0.1, -0.05) is 70.6 Å². The van der Waals surface area contributed by atoms with Gasteiger partial charge in [-0.3, -0.25) is 10.1 Å². The average molecular weight is 308 g/mol. The van der Waals surface area contributed by atoms with Crippen LogP contribution in [0.15, 0.2) is 54.6 Å². The Morgan fingerprint density at radius 1 is 1.17 bits per heavy atom. The third kappa shape index (κ3) is 3.31. The molecule has 1 aromatic carbocycles. The molecule has 1 unspecified atom stereocenters. The van der Waals surface area contributed by atoms with Gasteiger partial charge in [-0.05, 0) is 5.56 Å². The Balaban J connectivity index is 2.11. The number of benzene rings is 1. The first-order chi connectivity index (χ1) is 8.66. The van der Waals surface area contributed by atoms with Crippen molar-refractivity contribution >= 4 is 21.9 Å². The van der Waals surface area contributed by atoms with Gasteiger partial charge < -0.3 is 5.11 Å². The van der Waals surface area contributed by atoms with Crippen LogP contribution < -0.4 is 5.32 Å². The van der Waals surface area contributed by atoms with Crippen LogP contribution in [0.25, 0.3) is 0 Å². The molecule has 0 bridgehead atoms. The van der Waals surface area contributed by atoms with Gasteiger partial charge in [0.1, 0.15) is 6.04 Å². The van der Waals surface area contributed by atoms with Crippen molar-refractivity contribution in [2.75, 3.05) is 0 Å². The Morgan fingerprint density at radius 2 is 1.78 bits per heavy atom. The molecule has 4 heteroatoms. The van der Waals surface area contributed by atoms with Crippen molar-refractivity contribution in [3.63, 3.8) is 0 Å². The van der Waals surface area contributed by atoms with E-state index >= 15 is 0 Å². The molecule has 1 aliphatic rings. The highest BCUT2D eigenvalue weighted by Crippen LogP contribution is 2.17. The molecule has 18 heavy (non-hydrogen) atoms. The van der Waals surface area contributed by atoms with Crippen molar-refractivity contribution in [2.24, 2.45) is 0 Å². The van der Waals surface area contributed by atoms with Crippen LogP contribution in [0.3, 0.4) is 0 Å². The van der Waals surface area contributed by atoms with E-state index in [2.05, 4.69) is 21.2 Å². The second kappa shape index (κ2) is 5.98. The van der Waals surface area contributed by atoms with Crippen molar-refractivity contribution in [1.82, 2.24) is 5.32 Å². The quantitative estimate of drug-likeness (QED) is 0.664. The van der Waals surface area contributed by atoms with Crippen LogP contribution in [-0.4, -0.2) is 21.9 Å². The fraction of sp³-hybridized carbons (Fsp3) is 0.214. The second-order valence-corrected chi connectivity index (χ2v) is 5.15. The summed E-state index contributed by atoms with van der Waals surface area (Å²) in [6.45, 7) is 0. The van der Waals surface area contributed by atoms with Crippen LogP contribution in [0.4, 0.5) is 0 Å².